The number of piperidine rings is 2. The van der Waals surface area contributed by atoms with Crippen LogP contribution in [0.3, 0.4) is 0 Å². The summed E-state index contributed by atoms with van der Waals surface area (Å²) in [6.07, 6.45) is 3.17. The highest BCUT2D eigenvalue weighted by molar-refractivity contribution is 7.89. The van der Waals surface area contributed by atoms with Crippen molar-refractivity contribution in [1.29, 1.82) is 0 Å². The average molecular weight is 422 g/mol. The number of halogens is 1. The third kappa shape index (κ3) is 4.03. The van der Waals surface area contributed by atoms with Gasteiger partial charge in [-0.3, -0.25) is 4.79 Å². The minimum Gasteiger partial charge on any atom is -0.338 e. The summed E-state index contributed by atoms with van der Waals surface area (Å²) in [7, 11) is -3.79. The number of benzene rings is 2. The van der Waals surface area contributed by atoms with E-state index in [1.54, 1.807) is 36.4 Å². The molecule has 0 spiro atoms. The van der Waals surface area contributed by atoms with Crippen LogP contribution in [0.15, 0.2) is 41.3 Å². The van der Waals surface area contributed by atoms with Crippen LogP contribution in [0, 0.1) is 0 Å². The quantitative estimate of drug-likeness (QED) is 0.795. The van der Waals surface area contributed by atoms with E-state index >= 15 is 0 Å². The molecule has 2 saturated heterocycles. The van der Waals surface area contributed by atoms with Crippen molar-refractivity contribution in [1.82, 2.24) is 14.9 Å². The molecule has 2 aliphatic rings. The topological polar surface area (TPSA) is 78.5 Å². The van der Waals surface area contributed by atoms with Crippen LogP contribution < -0.4 is 10.0 Å². The summed E-state index contributed by atoms with van der Waals surface area (Å²) < 4.78 is 28.5. The van der Waals surface area contributed by atoms with Crippen molar-refractivity contribution in [3.63, 3.8) is 0 Å². The van der Waals surface area contributed by atoms with Crippen molar-refractivity contribution in [3.8, 4) is 0 Å². The predicted molar refractivity (Wildman–Crippen MR) is 110 cm³/mol. The number of nitrogens with zero attached hydrogens (tertiary/aromatic N) is 1. The Morgan fingerprint density at radius 3 is 2.54 bits per heavy atom. The lowest BCUT2D eigenvalue weighted by atomic mass is 9.98. The molecular weight excluding hydrogens is 398 g/mol. The summed E-state index contributed by atoms with van der Waals surface area (Å²) in [5.41, 5.74) is 0. The van der Waals surface area contributed by atoms with E-state index in [0.29, 0.717) is 18.0 Å². The lowest BCUT2D eigenvalue weighted by Gasteiger charge is -2.40. The fraction of sp³-hybridized carbons (Fsp3) is 0.450. The molecule has 1 amide bonds. The van der Waals surface area contributed by atoms with Crippen molar-refractivity contribution < 1.29 is 13.2 Å². The normalized spacial score (nSPS) is 22.0. The Morgan fingerprint density at radius 1 is 1.04 bits per heavy atom. The predicted octanol–water partition coefficient (Wildman–Crippen LogP) is 2.51. The minimum absolute atomic E-state index is 0.103. The summed E-state index contributed by atoms with van der Waals surface area (Å²) in [6.45, 7) is 2.50. The van der Waals surface area contributed by atoms with Gasteiger partial charge in [0.25, 0.3) is 0 Å². The van der Waals surface area contributed by atoms with E-state index in [-0.39, 0.29) is 16.8 Å². The van der Waals surface area contributed by atoms with Gasteiger partial charge in [-0.1, -0.05) is 23.7 Å². The van der Waals surface area contributed by atoms with Crippen molar-refractivity contribution in [2.75, 3.05) is 19.6 Å². The molecule has 2 N–H and O–H groups in total. The Labute approximate surface area is 170 Å². The first-order valence-corrected chi connectivity index (χ1v) is 11.5. The molecule has 2 aromatic carbocycles. The van der Waals surface area contributed by atoms with Gasteiger partial charge in [0.2, 0.25) is 15.9 Å². The van der Waals surface area contributed by atoms with Crippen LogP contribution in [0.25, 0.3) is 10.8 Å². The van der Waals surface area contributed by atoms with Crippen LogP contribution >= 0.6 is 11.6 Å². The molecule has 2 fully saturated rings. The number of fused-ring (bicyclic) bond motifs is 1. The SMILES string of the molecule is O=C1C(NS(=O)(=O)c2ccc3cc(Cl)ccc3c2)CCCN1C1CCNCC1. The molecule has 28 heavy (non-hydrogen) atoms. The zero-order valence-electron chi connectivity index (χ0n) is 15.5. The summed E-state index contributed by atoms with van der Waals surface area (Å²) >= 11 is 5.99. The van der Waals surface area contributed by atoms with Crippen LogP contribution in [0.5, 0.6) is 0 Å². The molecular formula is C20H24ClN3O3S. The second-order valence-corrected chi connectivity index (χ2v) is 9.63. The summed E-state index contributed by atoms with van der Waals surface area (Å²) in [6, 6.07) is 9.73. The van der Waals surface area contributed by atoms with Gasteiger partial charge in [0.1, 0.15) is 6.04 Å². The van der Waals surface area contributed by atoms with Gasteiger partial charge in [-0.05, 0) is 73.8 Å². The molecule has 0 radical (unpaired) electrons. The monoisotopic (exact) mass is 421 g/mol. The van der Waals surface area contributed by atoms with E-state index in [0.717, 1.165) is 43.1 Å². The Balaban J connectivity index is 1.53. The van der Waals surface area contributed by atoms with Gasteiger partial charge in [-0.2, -0.15) is 4.72 Å². The second-order valence-electron chi connectivity index (χ2n) is 7.48. The fourth-order valence-corrected chi connectivity index (χ4v) is 5.55. The summed E-state index contributed by atoms with van der Waals surface area (Å²) in [5.74, 6) is -0.103. The lowest BCUT2D eigenvalue weighted by molar-refractivity contribution is -0.138. The molecule has 2 aromatic rings. The number of nitrogens with one attached hydrogen (secondary N) is 2. The standard InChI is InChI=1S/C20H24ClN3O3S/c21-16-5-3-15-13-18(6-4-14(15)12-16)28(26,27)23-19-2-1-11-24(20(19)25)17-7-9-22-10-8-17/h3-6,12-13,17,19,22-23H,1-2,7-11H2. The number of hydrogen-bond donors (Lipinski definition) is 2. The highest BCUT2D eigenvalue weighted by Crippen LogP contribution is 2.24. The van der Waals surface area contributed by atoms with Crippen LogP contribution in [0.2, 0.25) is 5.02 Å². The lowest BCUT2D eigenvalue weighted by Crippen LogP contribution is -2.56. The number of carbonyl (C=O) groups excluding carboxylic acids is 1. The molecule has 0 bridgehead atoms. The maximum absolute atomic E-state index is 12.9. The fourth-order valence-electron chi connectivity index (χ4n) is 4.11. The van der Waals surface area contributed by atoms with E-state index in [4.69, 9.17) is 11.6 Å². The van der Waals surface area contributed by atoms with Gasteiger partial charge in [-0.25, -0.2) is 8.42 Å². The van der Waals surface area contributed by atoms with Crippen molar-refractivity contribution in [3.05, 3.63) is 41.4 Å². The Morgan fingerprint density at radius 2 is 1.75 bits per heavy atom. The average Bonchev–Trinajstić information content (AvgIpc) is 2.69. The maximum Gasteiger partial charge on any atom is 0.241 e. The molecule has 0 saturated carbocycles. The highest BCUT2D eigenvalue weighted by Gasteiger charge is 2.36. The number of amides is 1. The summed E-state index contributed by atoms with van der Waals surface area (Å²) in [4.78, 5) is 15.0. The first kappa shape index (κ1) is 19.6. The van der Waals surface area contributed by atoms with E-state index in [1.807, 2.05) is 4.90 Å². The summed E-state index contributed by atoms with van der Waals surface area (Å²) in [5, 5.41) is 5.57. The van der Waals surface area contributed by atoms with Crippen LogP contribution in [0.4, 0.5) is 0 Å². The van der Waals surface area contributed by atoms with Crippen molar-refractivity contribution >= 4 is 38.3 Å². The van der Waals surface area contributed by atoms with E-state index in [1.165, 1.54) is 0 Å². The molecule has 2 heterocycles. The third-order valence-electron chi connectivity index (χ3n) is 5.60. The van der Waals surface area contributed by atoms with Crippen molar-refractivity contribution in [2.45, 2.75) is 42.7 Å². The number of likely N-dealkylation sites (tertiary alicyclic amines) is 1. The number of sulfonamides is 1. The molecule has 1 unspecified atom stereocenters. The van der Waals surface area contributed by atoms with Gasteiger partial charge < -0.3 is 10.2 Å². The van der Waals surface area contributed by atoms with E-state index in [9.17, 15) is 13.2 Å². The molecule has 8 heteroatoms. The minimum atomic E-state index is -3.79. The van der Waals surface area contributed by atoms with Gasteiger partial charge in [0.05, 0.1) is 4.90 Å². The zero-order valence-corrected chi connectivity index (χ0v) is 17.1. The smallest absolute Gasteiger partial charge is 0.241 e. The van der Waals surface area contributed by atoms with Gasteiger partial charge >= 0.3 is 0 Å². The first-order valence-electron chi connectivity index (χ1n) is 9.67. The molecule has 0 aromatic heterocycles. The number of hydrogen-bond acceptors (Lipinski definition) is 4. The molecule has 6 nitrogen and oxygen atoms in total. The Bertz CT molecular complexity index is 989. The molecule has 1 atom stereocenters. The second kappa shape index (κ2) is 7.99. The van der Waals surface area contributed by atoms with Crippen molar-refractivity contribution in [2.24, 2.45) is 0 Å². The Kier molecular flexibility index (Phi) is 5.60. The first-order chi connectivity index (χ1) is 13.4. The number of carbonyl (C=O) groups is 1. The molecule has 2 aliphatic heterocycles. The Hall–Kier alpha value is -1.67. The maximum atomic E-state index is 12.9. The van der Waals surface area contributed by atoms with E-state index in [2.05, 4.69) is 10.0 Å². The molecule has 150 valence electrons. The van der Waals surface area contributed by atoms with Gasteiger partial charge in [-0.15, -0.1) is 0 Å². The zero-order chi connectivity index (χ0) is 19.7. The van der Waals surface area contributed by atoms with Crippen LogP contribution in [0.1, 0.15) is 25.7 Å². The molecule has 4 rings (SSSR count). The highest BCUT2D eigenvalue weighted by atomic mass is 35.5. The molecule has 0 aliphatic carbocycles. The van der Waals surface area contributed by atoms with Gasteiger partial charge in [0.15, 0.2) is 0 Å². The van der Waals surface area contributed by atoms with E-state index < -0.39 is 16.1 Å². The van der Waals surface area contributed by atoms with Crippen LogP contribution in [-0.4, -0.2) is 50.9 Å². The third-order valence-corrected chi connectivity index (χ3v) is 7.31. The largest absolute Gasteiger partial charge is 0.338 e. The van der Waals surface area contributed by atoms with Gasteiger partial charge in [0, 0.05) is 17.6 Å². The van der Waals surface area contributed by atoms with Crippen LogP contribution in [-0.2, 0) is 14.8 Å². The number of rotatable bonds is 4.